The second-order valence-electron chi connectivity index (χ2n) is 6.71. The van der Waals surface area contributed by atoms with Gasteiger partial charge in [-0.25, -0.2) is 0 Å². The van der Waals surface area contributed by atoms with Crippen LogP contribution < -0.4 is 10.6 Å². The highest BCUT2D eigenvalue weighted by Crippen LogP contribution is 2.14. The van der Waals surface area contributed by atoms with Crippen molar-refractivity contribution < 1.29 is 9.15 Å². The van der Waals surface area contributed by atoms with Crippen LogP contribution in [-0.2, 0) is 17.6 Å². The van der Waals surface area contributed by atoms with E-state index in [0.29, 0.717) is 0 Å². The number of halogens is 1. The van der Waals surface area contributed by atoms with Crippen molar-refractivity contribution in [2.75, 3.05) is 52.5 Å². The van der Waals surface area contributed by atoms with E-state index < -0.39 is 0 Å². The fourth-order valence-electron chi connectivity index (χ4n) is 3.08. The summed E-state index contributed by atoms with van der Waals surface area (Å²) in [4.78, 5) is 7.12. The van der Waals surface area contributed by atoms with Crippen molar-refractivity contribution in [2.45, 2.75) is 12.8 Å². The minimum atomic E-state index is 0.752. The number of nitrogens with one attached hydrogen (secondary N) is 2. The lowest BCUT2D eigenvalue weighted by molar-refractivity contribution is 0.0394. The Bertz CT molecular complexity index is 715. The second kappa shape index (κ2) is 11.7. The van der Waals surface area contributed by atoms with E-state index >= 15 is 0 Å². The summed E-state index contributed by atoms with van der Waals surface area (Å²) < 4.78 is 10.8. The SMILES string of the molecule is Clc1ccccc1CCNC(=NCCN1CCOCC1)NCCc1ccco1. The Hall–Kier alpha value is -2.02. The minimum Gasteiger partial charge on any atom is -0.469 e. The van der Waals surface area contributed by atoms with Crippen LogP contribution in [0.15, 0.2) is 52.1 Å². The van der Waals surface area contributed by atoms with Gasteiger partial charge in [-0.1, -0.05) is 29.8 Å². The molecule has 28 heavy (non-hydrogen) atoms. The third kappa shape index (κ3) is 7.19. The molecule has 1 aliphatic heterocycles. The number of aliphatic imine (C=N–C) groups is 1. The van der Waals surface area contributed by atoms with Gasteiger partial charge in [0.1, 0.15) is 5.76 Å². The Morgan fingerprint density at radius 1 is 1.04 bits per heavy atom. The highest BCUT2D eigenvalue weighted by atomic mass is 35.5. The van der Waals surface area contributed by atoms with Crippen LogP contribution in [0.2, 0.25) is 5.02 Å². The molecule has 152 valence electrons. The molecule has 1 fully saturated rings. The molecule has 1 aliphatic rings. The molecule has 1 saturated heterocycles. The number of guanidine groups is 1. The standard InChI is InChI=1S/C21H29ClN4O2/c22-20-6-2-1-4-18(20)7-9-23-21(24-10-8-19-5-3-15-28-19)25-11-12-26-13-16-27-17-14-26/h1-6,15H,7-14,16-17H2,(H2,23,24,25). The minimum absolute atomic E-state index is 0.752. The molecule has 1 aromatic carbocycles. The van der Waals surface area contributed by atoms with Crippen molar-refractivity contribution in [2.24, 2.45) is 4.99 Å². The van der Waals surface area contributed by atoms with E-state index in [-0.39, 0.29) is 0 Å². The fourth-order valence-corrected chi connectivity index (χ4v) is 3.31. The van der Waals surface area contributed by atoms with E-state index in [0.717, 1.165) is 87.6 Å². The summed E-state index contributed by atoms with van der Waals surface area (Å²) in [6, 6.07) is 11.9. The molecule has 6 nitrogen and oxygen atoms in total. The lowest BCUT2D eigenvalue weighted by Gasteiger charge is -2.25. The molecule has 0 radical (unpaired) electrons. The van der Waals surface area contributed by atoms with Gasteiger partial charge in [0.05, 0.1) is 26.0 Å². The van der Waals surface area contributed by atoms with Crippen LogP contribution in [-0.4, -0.2) is 63.3 Å². The molecule has 0 spiro atoms. The topological polar surface area (TPSA) is 62.0 Å². The number of hydrogen-bond acceptors (Lipinski definition) is 4. The molecule has 3 rings (SSSR count). The second-order valence-corrected chi connectivity index (χ2v) is 7.12. The monoisotopic (exact) mass is 404 g/mol. The molecule has 0 atom stereocenters. The van der Waals surface area contributed by atoms with Gasteiger partial charge < -0.3 is 19.8 Å². The number of ether oxygens (including phenoxy) is 1. The summed E-state index contributed by atoms with van der Waals surface area (Å²) in [6.07, 6.45) is 3.37. The Balaban J connectivity index is 1.47. The summed E-state index contributed by atoms with van der Waals surface area (Å²) in [5.41, 5.74) is 1.14. The lowest BCUT2D eigenvalue weighted by atomic mass is 10.1. The Morgan fingerprint density at radius 3 is 2.57 bits per heavy atom. The van der Waals surface area contributed by atoms with Gasteiger partial charge in [0, 0.05) is 44.2 Å². The van der Waals surface area contributed by atoms with Gasteiger partial charge in [0.2, 0.25) is 0 Å². The summed E-state index contributed by atoms with van der Waals surface area (Å²) in [6.45, 7) is 6.83. The number of benzene rings is 1. The Morgan fingerprint density at radius 2 is 1.82 bits per heavy atom. The largest absolute Gasteiger partial charge is 0.469 e. The fraction of sp³-hybridized carbons (Fsp3) is 0.476. The van der Waals surface area contributed by atoms with E-state index in [1.165, 1.54) is 0 Å². The van der Waals surface area contributed by atoms with Crippen molar-refractivity contribution >= 4 is 17.6 Å². The Kier molecular flexibility index (Phi) is 8.68. The molecule has 2 heterocycles. The van der Waals surface area contributed by atoms with E-state index in [2.05, 4.69) is 21.6 Å². The number of morpholine rings is 1. The number of rotatable bonds is 9. The lowest BCUT2D eigenvalue weighted by Crippen LogP contribution is -2.41. The van der Waals surface area contributed by atoms with Crippen LogP contribution in [0.25, 0.3) is 0 Å². The average Bonchev–Trinajstić information content (AvgIpc) is 3.23. The van der Waals surface area contributed by atoms with Crippen molar-refractivity contribution in [3.05, 3.63) is 59.0 Å². The summed E-state index contributed by atoms with van der Waals surface area (Å²) in [7, 11) is 0. The highest BCUT2D eigenvalue weighted by molar-refractivity contribution is 6.31. The molecular formula is C21H29ClN4O2. The number of nitrogens with zero attached hydrogens (tertiary/aromatic N) is 2. The first-order valence-corrected chi connectivity index (χ1v) is 10.3. The van der Waals surface area contributed by atoms with Gasteiger partial charge in [-0.3, -0.25) is 9.89 Å². The van der Waals surface area contributed by atoms with Crippen LogP contribution in [0.4, 0.5) is 0 Å². The van der Waals surface area contributed by atoms with Crippen molar-refractivity contribution in [3.63, 3.8) is 0 Å². The third-order valence-electron chi connectivity index (χ3n) is 4.68. The van der Waals surface area contributed by atoms with Crippen LogP contribution >= 0.6 is 11.6 Å². The zero-order valence-electron chi connectivity index (χ0n) is 16.2. The molecule has 0 unspecified atom stereocenters. The van der Waals surface area contributed by atoms with Gasteiger partial charge in [0.25, 0.3) is 0 Å². The van der Waals surface area contributed by atoms with Crippen LogP contribution in [0, 0.1) is 0 Å². The maximum absolute atomic E-state index is 6.25. The van der Waals surface area contributed by atoms with E-state index in [9.17, 15) is 0 Å². The maximum Gasteiger partial charge on any atom is 0.191 e. The maximum atomic E-state index is 6.25. The van der Waals surface area contributed by atoms with Crippen LogP contribution in [0.1, 0.15) is 11.3 Å². The van der Waals surface area contributed by atoms with Gasteiger partial charge in [-0.2, -0.15) is 0 Å². The molecule has 0 saturated carbocycles. The van der Waals surface area contributed by atoms with E-state index in [1.54, 1.807) is 6.26 Å². The van der Waals surface area contributed by atoms with Crippen molar-refractivity contribution in [1.29, 1.82) is 0 Å². The molecule has 0 amide bonds. The first kappa shape index (κ1) is 20.7. The van der Waals surface area contributed by atoms with Crippen LogP contribution in [0.3, 0.4) is 0 Å². The van der Waals surface area contributed by atoms with Crippen LogP contribution in [0.5, 0.6) is 0 Å². The number of furan rings is 1. The summed E-state index contributed by atoms with van der Waals surface area (Å²) in [5.74, 6) is 1.79. The predicted molar refractivity (Wildman–Crippen MR) is 113 cm³/mol. The quantitative estimate of drug-likeness (QED) is 0.497. The predicted octanol–water partition coefficient (Wildman–Crippen LogP) is 2.59. The molecule has 7 heteroatoms. The third-order valence-corrected chi connectivity index (χ3v) is 5.05. The van der Waals surface area contributed by atoms with Gasteiger partial charge >= 0.3 is 0 Å². The molecule has 2 aromatic rings. The summed E-state index contributed by atoms with van der Waals surface area (Å²) in [5, 5.41) is 7.63. The average molecular weight is 405 g/mol. The van der Waals surface area contributed by atoms with E-state index in [4.69, 9.17) is 25.7 Å². The van der Waals surface area contributed by atoms with Gasteiger partial charge in [-0.15, -0.1) is 0 Å². The smallest absolute Gasteiger partial charge is 0.191 e. The van der Waals surface area contributed by atoms with E-state index in [1.807, 2.05) is 30.3 Å². The molecular weight excluding hydrogens is 376 g/mol. The molecule has 0 aliphatic carbocycles. The molecule has 2 N–H and O–H groups in total. The Labute approximate surface area is 171 Å². The summed E-state index contributed by atoms with van der Waals surface area (Å²) >= 11 is 6.25. The van der Waals surface area contributed by atoms with Crippen molar-refractivity contribution in [3.8, 4) is 0 Å². The van der Waals surface area contributed by atoms with Gasteiger partial charge in [-0.05, 0) is 30.2 Å². The zero-order valence-corrected chi connectivity index (χ0v) is 17.0. The van der Waals surface area contributed by atoms with Crippen molar-refractivity contribution in [1.82, 2.24) is 15.5 Å². The zero-order chi connectivity index (χ0) is 19.4. The first-order valence-electron chi connectivity index (χ1n) is 9.89. The first-order chi connectivity index (χ1) is 13.8. The highest BCUT2D eigenvalue weighted by Gasteiger charge is 2.09. The van der Waals surface area contributed by atoms with Gasteiger partial charge in [0.15, 0.2) is 5.96 Å². The normalized spacial score (nSPS) is 15.5. The molecule has 0 bridgehead atoms. The molecule has 1 aromatic heterocycles. The number of hydrogen-bond donors (Lipinski definition) is 2.